The molecule has 0 saturated carbocycles. The molecular formula is C33H29N3O6S. The Hall–Kier alpha value is -4.96. The number of nitrogens with zero attached hydrogens (tertiary/aromatic N) is 1. The number of fused-ring (bicyclic) bond motifs is 4. The SMILES string of the molecule is CCC(OC(=O)c1ccc2nc(-c3ccc(OC)cc3)[nH]c2c1)C(=O)Nc1sc2c(c1C(=O)OC)CCc1ccccc1-2. The molecule has 0 bridgehead atoms. The first-order chi connectivity index (χ1) is 20.9. The molecule has 1 aliphatic carbocycles. The number of methoxy groups -OCH3 is 2. The van der Waals surface area contributed by atoms with Crippen LogP contribution in [0.25, 0.3) is 32.9 Å². The number of hydrogen-bond donors (Lipinski definition) is 2. The number of benzene rings is 3. The minimum Gasteiger partial charge on any atom is -0.497 e. The van der Waals surface area contributed by atoms with Gasteiger partial charge in [0, 0.05) is 10.4 Å². The fourth-order valence-corrected chi connectivity index (χ4v) is 6.58. The molecule has 218 valence electrons. The molecule has 10 heteroatoms. The Kier molecular flexibility index (Phi) is 7.69. The zero-order chi connectivity index (χ0) is 30.1. The lowest BCUT2D eigenvalue weighted by atomic mass is 9.89. The number of rotatable bonds is 8. The third-order valence-corrected chi connectivity index (χ3v) is 8.71. The van der Waals surface area contributed by atoms with Gasteiger partial charge in [0.2, 0.25) is 0 Å². The van der Waals surface area contributed by atoms with Crippen molar-refractivity contribution in [3.05, 3.63) is 89.0 Å². The topological polar surface area (TPSA) is 120 Å². The van der Waals surface area contributed by atoms with Crippen molar-refractivity contribution >= 4 is 45.2 Å². The van der Waals surface area contributed by atoms with Gasteiger partial charge in [-0.05, 0) is 78.4 Å². The van der Waals surface area contributed by atoms with E-state index in [4.69, 9.17) is 14.2 Å². The van der Waals surface area contributed by atoms with Crippen LogP contribution in [0.1, 0.15) is 45.2 Å². The molecule has 0 radical (unpaired) electrons. The van der Waals surface area contributed by atoms with Gasteiger partial charge in [0.05, 0.1) is 36.4 Å². The molecule has 0 saturated heterocycles. The predicted octanol–water partition coefficient (Wildman–Crippen LogP) is 6.43. The summed E-state index contributed by atoms with van der Waals surface area (Å²) in [5.41, 5.74) is 5.94. The van der Waals surface area contributed by atoms with Crippen molar-refractivity contribution in [3.8, 4) is 27.6 Å². The summed E-state index contributed by atoms with van der Waals surface area (Å²) in [6.07, 6.45) is 0.615. The van der Waals surface area contributed by atoms with Crippen molar-refractivity contribution in [3.63, 3.8) is 0 Å². The van der Waals surface area contributed by atoms with Crippen molar-refractivity contribution < 1.29 is 28.6 Å². The van der Waals surface area contributed by atoms with Crippen LogP contribution in [0.15, 0.2) is 66.7 Å². The van der Waals surface area contributed by atoms with Gasteiger partial charge in [-0.15, -0.1) is 11.3 Å². The number of carbonyl (C=O) groups is 3. The highest BCUT2D eigenvalue weighted by Crippen LogP contribution is 2.45. The van der Waals surface area contributed by atoms with E-state index in [-0.39, 0.29) is 12.0 Å². The Labute approximate surface area is 251 Å². The lowest BCUT2D eigenvalue weighted by Gasteiger charge is -2.17. The third kappa shape index (κ3) is 5.37. The first-order valence-electron chi connectivity index (χ1n) is 13.9. The van der Waals surface area contributed by atoms with E-state index in [0.29, 0.717) is 33.8 Å². The van der Waals surface area contributed by atoms with E-state index >= 15 is 0 Å². The lowest BCUT2D eigenvalue weighted by Crippen LogP contribution is -2.32. The molecule has 2 heterocycles. The van der Waals surface area contributed by atoms with E-state index < -0.39 is 23.9 Å². The number of aromatic nitrogens is 2. The minimum absolute atomic E-state index is 0.243. The molecule has 0 spiro atoms. The third-order valence-electron chi connectivity index (χ3n) is 7.53. The number of H-pyrrole nitrogens is 1. The number of carbonyl (C=O) groups excluding carboxylic acids is 3. The average Bonchev–Trinajstić information content (AvgIpc) is 3.64. The molecule has 1 amide bonds. The lowest BCUT2D eigenvalue weighted by molar-refractivity contribution is -0.124. The Morgan fingerprint density at radius 1 is 1.00 bits per heavy atom. The number of hydrogen-bond acceptors (Lipinski definition) is 8. The molecule has 5 aromatic rings. The molecule has 6 rings (SSSR count). The molecule has 1 aliphatic rings. The summed E-state index contributed by atoms with van der Waals surface area (Å²) in [6.45, 7) is 1.76. The number of esters is 2. The van der Waals surface area contributed by atoms with Crippen LogP contribution in [-0.2, 0) is 27.1 Å². The molecule has 1 unspecified atom stereocenters. The monoisotopic (exact) mass is 595 g/mol. The largest absolute Gasteiger partial charge is 0.497 e. The fraction of sp³-hybridized carbons (Fsp3) is 0.212. The number of aromatic amines is 1. The van der Waals surface area contributed by atoms with Crippen LogP contribution in [0.4, 0.5) is 5.00 Å². The molecule has 3 aromatic carbocycles. The summed E-state index contributed by atoms with van der Waals surface area (Å²) in [4.78, 5) is 48.2. The second kappa shape index (κ2) is 11.7. The van der Waals surface area contributed by atoms with Gasteiger partial charge in [0.25, 0.3) is 5.91 Å². The van der Waals surface area contributed by atoms with E-state index in [1.165, 1.54) is 24.0 Å². The smallest absolute Gasteiger partial charge is 0.341 e. The molecule has 1 atom stereocenters. The van der Waals surface area contributed by atoms with Gasteiger partial charge in [-0.2, -0.15) is 0 Å². The summed E-state index contributed by atoms with van der Waals surface area (Å²) < 4.78 is 16.0. The zero-order valence-electron chi connectivity index (χ0n) is 23.9. The number of ether oxygens (including phenoxy) is 3. The summed E-state index contributed by atoms with van der Waals surface area (Å²) in [7, 11) is 2.93. The van der Waals surface area contributed by atoms with E-state index in [2.05, 4.69) is 21.4 Å². The molecule has 9 nitrogen and oxygen atoms in total. The number of aryl methyl sites for hydroxylation is 1. The molecule has 2 N–H and O–H groups in total. The summed E-state index contributed by atoms with van der Waals surface area (Å²) in [5, 5.41) is 3.24. The van der Waals surface area contributed by atoms with Gasteiger partial charge in [-0.1, -0.05) is 31.2 Å². The number of imidazole rings is 1. The summed E-state index contributed by atoms with van der Waals surface area (Å²) in [6, 6.07) is 20.5. The summed E-state index contributed by atoms with van der Waals surface area (Å²) in [5.74, 6) is -0.282. The highest BCUT2D eigenvalue weighted by Gasteiger charge is 2.31. The van der Waals surface area contributed by atoms with Crippen LogP contribution in [0.3, 0.4) is 0 Å². The van der Waals surface area contributed by atoms with Crippen LogP contribution < -0.4 is 10.1 Å². The predicted molar refractivity (Wildman–Crippen MR) is 165 cm³/mol. The quantitative estimate of drug-likeness (QED) is 0.199. The highest BCUT2D eigenvalue weighted by atomic mass is 32.1. The highest BCUT2D eigenvalue weighted by molar-refractivity contribution is 7.20. The molecule has 2 aromatic heterocycles. The second-order valence-electron chi connectivity index (χ2n) is 10.1. The maximum atomic E-state index is 13.4. The Balaban J connectivity index is 1.21. The molecule has 0 aliphatic heterocycles. The standard InChI is InChI=1S/C33H29N3O6S/c1-4-26(30(37)36-31-27(33(39)41-3)23-15-11-18-7-5-6-8-22(18)28(23)43-31)42-32(38)20-12-16-24-25(17-20)35-29(34-24)19-9-13-21(40-2)14-10-19/h5-10,12-14,16-17,26H,4,11,15H2,1-3H3,(H,34,35)(H,36,37). The van der Waals surface area contributed by atoms with Crippen molar-refractivity contribution in [2.24, 2.45) is 0 Å². The van der Waals surface area contributed by atoms with E-state index in [9.17, 15) is 14.4 Å². The maximum Gasteiger partial charge on any atom is 0.341 e. The number of amides is 1. The van der Waals surface area contributed by atoms with E-state index in [1.807, 2.05) is 42.5 Å². The van der Waals surface area contributed by atoms with Crippen LogP contribution in [0.2, 0.25) is 0 Å². The van der Waals surface area contributed by atoms with Gasteiger partial charge >= 0.3 is 11.9 Å². The van der Waals surface area contributed by atoms with Crippen molar-refractivity contribution in [1.82, 2.24) is 9.97 Å². The second-order valence-corrected chi connectivity index (χ2v) is 11.1. The maximum absolute atomic E-state index is 13.4. The van der Waals surface area contributed by atoms with Gasteiger partial charge in [-0.25, -0.2) is 14.6 Å². The fourth-order valence-electron chi connectivity index (χ4n) is 5.28. The van der Waals surface area contributed by atoms with Crippen LogP contribution in [-0.4, -0.2) is 48.1 Å². The van der Waals surface area contributed by atoms with Crippen molar-refractivity contribution in [2.75, 3.05) is 19.5 Å². The van der Waals surface area contributed by atoms with E-state index in [1.54, 1.807) is 32.2 Å². The molecule has 43 heavy (non-hydrogen) atoms. The Morgan fingerprint density at radius 3 is 2.53 bits per heavy atom. The zero-order valence-corrected chi connectivity index (χ0v) is 24.7. The van der Waals surface area contributed by atoms with Crippen molar-refractivity contribution in [2.45, 2.75) is 32.3 Å². The van der Waals surface area contributed by atoms with Crippen molar-refractivity contribution in [1.29, 1.82) is 0 Å². The van der Waals surface area contributed by atoms with Gasteiger partial charge < -0.3 is 24.5 Å². The first kappa shape index (κ1) is 28.2. The first-order valence-corrected chi connectivity index (χ1v) is 14.7. The number of nitrogens with one attached hydrogen (secondary N) is 2. The number of anilines is 1. The van der Waals surface area contributed by atoms with Gasteiger partial charge in [0.1, 0.15) is 16.6 Å². The van der Waals surface area contributed by atoms with E-state index in [0.717, 1.165) is 33.7 Å². The van der Waals surface area contributed by atoms with Crippen LogP contribution >= 0.6 is 11.3 Å². The molecule has 0 fully saturated rings. The van der Waals surface area contributed by atoms with Crippen LogP contribution in [0, 0.1) is 0 Å². The average molecular weight is 596 g/mol. The van der Waals surface area contributed by atoms with Gasteiger partial charge in [-0.3, -0.25) is 4.79 Å². The molecular weight excluding hydrogens is 566 g/mol. The normalized spacial score (nSPS) is 12.6. The number of thiophene rings is 1. The Morgan fingerprint density at radius 2 is 1.79 bits per heavy atom. The Bertz CT molecular complexity index is 1860. The summed E-state index contributed by atoms with van der Waals surface area (Å²) >= 11 is 1.33. The van der Waals surface area contributed by atoms with Gasteiger partial charge in [0.15, 0.2) is 6.10 Å². The minimum atomic E-state index is -1.07. The van der Waals surface area contributed by atoms with Crippen LogP contribution in [0.5, 0.6) is 5.75 Å².